The third-order valence-corrected chi connectivity index (χ3v) is 4.92. The molecule has 0 bridgehead atoms. The van der Waals surface area contributed by atoms with Crippen LogP contribution in [0.15, 0.2) is 47.3 Å². The van der Waals surface area contributed by atoms with Crippen LogP contribution in [-0.4, -0.2) is 15.0 Å². The molecule has 21 heavy (non-hydrogen) atoms. The predicted molar refractivity (Wildman–Crippen MR) is 85.5 cm³/mol. The highest BCUT2D eigenvalue weighted by Crippen LogP contribution is 2.32. The van der Waals surface area contributed by atoms with Gasteiger partial charge in [0.2, 0.25) is 0 Å². The number of aromatic nitrogens is 3. The molecule has 0 spiro atoms. The summed E-state index contributed by atoms with van der Waals surface area (Å²) in [6, 6.07) is 11.2. The average Bonchev–Trinajstić information content (AvgIpc) is 3.15. The number of hydrogen-bond donors (Lipinski definition) is 0. The van der Waals surface area contributed by atoms with E-state index in [4.69, 9.17) is 0 Å². The Bertz CT molecular complexity index is 730. The summed E-state index contributed by atoms with van der Waals surface area (Å²) in [5.74, 6) is 0. The normalized spacial score (nSPS) is 18.2. The molecule has 4 heteroatoms. The van der Waals surface area contributed by atoms with Gasteiger partial charge in [-0.05, 0) is 41.8 Å². The topological polar surface area (TPSA) is 30.7 Å². The van der Waals surface area contributed by atoms with Crippen molar-refractivity contribution in [1.29, 1.82) is 0 Å². The highest BCUT2D eigenvalue weighted by Gasteiger charge is 2.21. The van der Waals surface area contributed by atoms with E-state index in [0.717, 1.165) is 17.7 Å². The Morgan fingerprint density at radius 2 is 2.10 bits per heavy atom. The fourth-order valence-electron chi connectivity index (χ4n) is 3.14. The van der Waals surface area contributed by atoms with Crippen molar-refractivity contribution in [3.8, 4) is 11.3 Å². The maximum Gasteiger partial charge on any atom is 0.113 e. The van der Waals surface area contributed by atoms with E-state index in [0.29, 0.717) is 6.04 Å². The van der Waals surface area contributed by atoms with Crippen molar-refractivity contribution in [3.63, 3.8) is 0 Å². The van der Waals surface area contributed by atoms with E-state index < -0.39 is 0 Å². The molecule has 0 aliphatic heterocycles. The van der Waals surface area contributed by atoms with Crippen LogP contribution in [0.5, 0.6) is 0 Å². The molecule has 3 nitrogen and oxygen atoms in total. The van der Waals surface area contributed by atoms with E-state index in [-0.39, 0.29) is 0 Å². The molecule has 4 rings (SSSR count). The van der Waals surface area contributed by atoms with Crippen LogP contribution in [0.4, 0.5) is 0 Å². The van der Waals surface area contributed by atoms with E-state index >= 15 is 0 Å². The molecule has 0 saturated carbocycles. The first kappa shape index (κ1) is 12.8. The molecular formula is C17H17N3S. The Balaban J connectivity index is 1.73. The van der Waals surface area contributed by atoms with Gasteiger partial charge in [-0.3, -0.25) is 0 Å². The Morgan fingerprint density at radius 1 is 1.14 bits per heavy atom. The fraction of sp³-hybridized carbons (Fsp3) is 0.294. The van der Waals surface area contributed by atoms with Crippen molar-refractivity contribution in [2.75, 3.05) is 0 Å². The summed E-state index contributed by atoms with van der Waals surface area (Å²) in [4.78, 5) is 0. The van der Waals surface area contributed by atoms with Crippen molar-refractivity contribution in [2.45, 2.75) is 31.7 Å². The highest BCUT2D eigenvalue weighted by molar-refractivity contribution is 7.08. The SMILES string of the molecule is c1ccc2c(c1)CCCCC2n1cc(-c2ccsc2)nn1. The minimum atomic E-state index is 0.323. The van der Waals surface area contributed by atoms with Crippen molar-refractivity contribution in [1.82, 2.24) is 15.0 Å². The number of hydrogen-bond acceptors (Lipinski definition) is 3. The molecule has 0 saturated heterocycles. The van der Waals surface area contributed by atoms with Crippen LogP contribution in [0.2, 0.25) is 0 Å². The van der Waals surface area contributed by atoms with E-state index in [1.165, 1.54) is 30.4 Å². The van der Waals surface area contributed by atoms with Gasteiger partial charge in [0, 0.05) is 10.9 Å². The summed E-state index contributed by atoms with van der Waals surface area (Å²) in [6.45, 7) is 0. The van der Waals surface area contributed by atoms with Gasteiger partial charge in [0.1, 0.15) is 5.69 Å². The first-order valence-corrected chi connectivity index (χ1v) is 8.38. The van der Waals surface area contributed by atoms with Crippen LogP contribution in [0, 0.1) is 0 Å². The summed E-state index contributed by atoms with van der Waals surface area (Å²) in [7, 11) is 0. The lowest BCUT2D eigenvalue weighted by Crippen LogP contribution is -2.12. The van der Waals surface area contributed by atoms with E-state index in [1.54, 1.807) is 11.3 Å². The summed E-state index contributed by atoms with van der Waals surface area (Å²) >= 11 is 1.69. The molecule has 3 aromatic rings. The Kier molecular flexibility index (Phi) is 3.31. The maximum atomic E-state index is 4.41. The molecule has 2 aromatic heterocycles. The summed E-state index contributed by atoms with van der Waals surface area (Å²) in [5, 5.41) is 13.0. The lowest BCUT2D eigenvalue weighted by atomic mass is 9.99. The lowest BCUT2D eigenvalue weighted by Gasteiger charge is -2.17. The largest absolute Gasteiger partial charge is 0.244 e. The fourth-order valence-corrected chi connectivity index (χ4v) is 3.79. The molecular weight excluding hydrogens is 278 g/mol. The molecule has 1 aliphatic rings. The highest BCUT2D eigenvalue weighted by atomic mass is 32.1. The molecule has 2 heterocycles. The number of rotatable bonds is 2. The second-order valence-electron chi connectivity index (χ2n) is 5.56. The van der Waals surface area contributed by atoms with Gasteiger partial charge in [0.05, 0.1) is 12.2 Å². The first-order chi connectivity index (χ1) is 10.4. The van der Waals surface area contributed by atoms with Gasteiger partial charge < -0.3 is 0 Å². The van der Waals surface area contributed by atoms with Crippen LogP contribution in [0.3, 0.4) is 0 Å². The van der Waals surface area contributed by atoms with Crippen LogP contribution in [0.1, 0.15) is 36.4 Å². The second-order valence-corrected chi connectivity index (χ2v) is 6.34. The molecule has 1 unspecified atom stereocenters. The number of benzene rings is 1. The summed E-state index contributed by atoms with van der Waals surface area (Å²) in [6.07, 6.45) is 6.92. The van der Waals surface area contributed by atoms with Crippen molar-refractivity contribution in [3.05, 3.63) is 58.4 Å². The third kappa shape index (κ3) is 2.40. The average molecular weight is 295 g/mol. The zero-order valence-corrected chi connectivity index (χ0v) is 12.6. The Hall–Kier alpha value is -1.94. The minimum Gasteiger partial charge on any atom is -0.244 e. The predicted octanol–water partition coefficient (Wildman–Crippen LogP) is 4.32. The maximum absolute atomic E-state index is 4.41. The molecule has 0 N–H and O–H groups in total. The Labute approximate surface area is 128 Å². The summed E-state index contributed by atoms with van der Waals surface area (Å²) in [5.41, 5.74) is 5.01. The van der Waals surface area contributed by atoms with Gasteiger partial charge >= 0.3 is 0 Å². The molecule has 1 atom stereocenters. The van der Waals surface area contributed by atoms with E-state index in [2.05, 4.69) is 62.3 Å². The van der Waals surface area contributed by atoms with Gasteiger partial charge in [0.25, 0.3) is 0 Å². The standard InChI is InChI=1S/C17H17N3S/c1-3-7-15-13(5-1)6-2-4-8-17(15)20-11-16(18-19-20)14-9-10-21-12-14/h1,3,5,7,9-12,17H,2,4,6,8H2. The van der Waals surface area contributed by atoms with Crippen LogP contribution in [-0.2, 0) is 6.42 Å². The van der Waals surface area contributed by atoms with Gasteiger partial charge in [0.15, 0.2) is 0 Å². The second kappa shape index (κ2) is 5.45. The number of aryl methyl sites for hydroxylation is 1. The van der Waals surface area contributed by atoms with Gasteiger partial charge in [-0.2, -0.15) is 11.3 Å². The van der Waals surface area contributed by atoms with Crippen molar-refractivity contribution < 1.29 is 0 Å². The van der Waals surface area contributed by atoms with Crippen LogP contribution >= 0.6 is 11.3 Å². The van der Waals surface area contributed by atoms with Crippen LogP contribution < -0.4 is 0 Å². The molecule has 0 amide bonds. The number of thiophene rings is 1. The van der Waals surface area contributed by atoms with Gasteiger partial charge in [-0.1, -0.05) is 35.9 Å². The monoisotopic (exact) mass is 295 g/mol. The number of nitrogens with zero attached hydrogens (tertiary/aromatic N) is 3. The quantitative estimate of drug-likeness (QED) is 0.659. The zero-order valence-electron chi connectivity index (χ0n) is 11.8. The van der Waals surface area contributed by atoms with E-state index in [9.17, 15) is 0 Å². The minimum absolute atomic E-state index is 0.323. The van der Waals surface area contributed by atoms with Crippen molar-refractivity contribution in [2.24, 2.45) is 0 Å². The molecule has 1 aromatic carbocycles. The molecule has 106 valence electrons. The lowest BCUT2D eigenvalue weighted by molar-refractivity contribution is 0.468. The zero-order chi connectivity index (χ0) is 14.1. The molecule has 0 fully saturated rings. The summed E-state index contributed by atoms with van der Waals surface area (Å²) < 4.78 is 2.05. The van der Waals surface area contributed by atoms with Gasteiger partial charge in [-0.25, -0.2) is 4.68 Å². The number of fused-ring (bicyclic) bond motifs is 1. The third-order valence-electron chi connectivity index (χ3n) is 4.23. The van der Waals surface area contributed by atoms with E-state index in [1.807, 2.05) is 0 Å². The van der Waals surface area contributed by atoms with Crippen molar-refractivity contribution >= 4 is 11.3 Å². The smallest absolute Gasteiger partial charge is 0.113 e. The first-order valence-electron chi connectivity index (χ1n) is 7.44. The van der Waals surface area contributed by atoms with Crippen LogP contribution in [0.25, 0.3) is 11.3 Å². The molecule has 1 aliphatic carbocycles. The molecule has 0 radical (unpaired) electrons. The Morgan fingerprint density at radius 3 is 3.00 bits per heavy atom. The van der Waals surface area contributed by atoms with Gasteiger partial charge in [-0.15, -0.1) is 5.10 Å².